The third-order valence-corrected chi connectivity index (χ3v) is 3.84. The van der Waals surface area contributed by atoms with Crippen LogP contribution < -0.4 is 9.64 Å². The molecule has 0 bridgehead atoms. The van der Waals surface area contributed by atoms with Crippen LogP contribution in [0.15, 0.2) is 18.2 Å². The normalized spacial score (nSPS) is 14.6. The van der Waals surface area contributed by atoms with Gasteiger partial charge in [-0.2, -0.15) is 0 Å². The van der Waals surface area contributed by atoms with Crippen molar-refractivity contribution in [1.29, 1.82) is 0 Å². The molecule has 0 atom stereocenters. The molecule has 0 radical (unpaired) electrons. The molecular formula is C15H22N2O4. The van der Waals surface area contributed by atoms with Crippen LogP contribution in [0.2, 0.25) is 0 Å². The van der Waals surface area contributed by atoms with Crippen LogP contribution >= 0.6 is 0 Å². The maximum atomic E-state index is 11.5. The predicted octanol–water partition coefficient (Wildman–Crippen LogP) is 2.73. The van der Waals surface area contributed by atoms with E-state index in [1.807, 2.05) is 6.92 Å². The van der Waals surface area contributed by atoms with E-state index in [9.17, 15) is 10.1 Å². The molecule has 0 aliphatic heterocycles. The molecule has 0 spiro atoms. The van der Waals surface area contributed by atoms with E-state index in [2.05, 4.69) is 4.90 Å². The zero-order valence-electron chi connectivity index (χ0n) is 12.3. The number of rotatable bonds is 8. The van der Waals surface area contributed by atoms with Crippen molar-refractivity contribution in [3.05, 3.63) is 28.3 Å². The van der Waals surface area contributed by atoms with Crippen molar-refractivity contribution in [2.45, 2.75) is 38.6 Å². The minimum absolute atomic E-state index is 0.0317. The first-order valence-corrected chi connectivity index (χ1v) is 7.46. The fraction of sp³-hybridized carbons (Fsp3) is 0.600. The molecule has 0 saturated heterocycles. The number of anilines is 1. The Morgan fingerprint density at radius 3 is 2.76 bits per heavy atom. The van der Waals surface area contributed by atoms with Gasteiger partial charge in [0.05, 0.1) is 11.5 Å². The maximum absolute atomic E-state index is 11.5. The number of nitrogens with zero attached hydrogens (tertiary/aromatic N) is 2. The largest absolute Gasteiger partial charge is 0.487 e. The van der Waals surface area contributed by atoms with Gasteiger partial charge in [0.15, 0.2) is 5.75 Å². The van der Waals surface area contributed by atoms with E-state index in [0.717, 1.165) is 19.3 Å². The van der Waals surface area contributed by atoms with Crippen LogP contribution in [0.5, 0.6) is 5.75 Å². The predicted molar refractivity (Wildman–Crippen MR) is 81.0 cm³/mol. The zero-order chi connectivity index (χ0) is 15.2. The molecule has 1 aromatic carbocycles. The maximum Gasteiger partial charge on any atom is 0.333 e. The molecule has 0 aromatic heterocycles. The van der Waals surface area contributed by atoms with Gasteiger partial charge in [-0.15, -0.1) is 0 Å². The van der Waals surface area contributed by atoms with Crippen molar-refractivity contribution in [3.8, 4) is 5.75 Å². The molecule has 1 aliphatic carbocycles. The molecule has 21 heavy (non-hydrogen) atoms. The number of hydrogen-bond acceptors (Lipinski definition) is 5. The second kappa shape index (κ2) is 7.26. The van der Waals surface area contributed by atoms with Crippen LogP contribution in [0.4, 0.5) is 11.4 Å². The van der Waals surface area contributed by atoms with E-state index in [0.29, 0.717) is 37.1 Å². The number of hydrogen-bond donors (Lipinski definition) is 1. The number of ether oxygens (including phenoxy) is 1. The Morgan fingerprint density at radius 1 is 1.48 bits per heavy atom. The highest BCUT2D eigenvalue weighted by molar-refractivity contribution is 5.70. The molecule has 1 N–H and O–H groups in total. The number of benzene rings is 1. The van der Waals surface area contributed by atoms with Crippen LogP contribution in [0.3, 0.4) is 0 Å². The van der Waals surface area contributed by atoms with Gasteiger partial charge < -0.3 is 14.7 Å². The summed E-state index contributed by atoms with van der Waals surface area (Å²) >= 11 is 0. The van der Waals surface area contributed by atoms with E-state index in [1.54, 1.807) is 18.2 Å². The Hall–Kier alpha value is -1.82. The highest BCUT2D eigenvalue weighted by atomic mass is 16.6. The summed E-state index contributed by atoms with van der Waals surface area (Å²) in [6.45, 7) is 2.91. The van der Waals surface area contributed by atoms with Crippen LogP contribution in [-0.2, 0) is 0 Å². The Balaban J connectivity index is 2.37. The highest BCUT2D eigenvalue weighted by Crippen LogP contribution is 2.40. The van der Waals surface area contributed by atoms with E-state index < -0.39 is 0 Å². The Labute approximate surface area is 124 Å². The first-order valence-electron chi connectivity index (χ1n) is 7.46. The van der Waals surface area contributed by atoms with E-state index >= 15 is 0 Å². The number of nitro groups is 1. The van der Waals surface area contributed by atoms with Crippen LogP contribution in [0.1, 0.15) is 32.6 Å². The van der Waals surface area contributed by atoms with E-state index in [4.69, 9.17) is 9.84 Å². The van der Waals surface area contributed by atoms with Gasteiger partial charge in [-0.3, -0.25) is 10.1 Å². The van der Waals surface area contributed by atoms with Gasteiger partial charge in [0.1, 0.15) is 5.69 Å². The van der Waals surface area contributed by atoms with Crippen molar-refractivity contribution in [1.82, 2.24) is 0 Å². The summed E-state index contributed by atoms with van der Waals surface area (Å²) in [5.74, 6) is 0.313. The van der Waals surface area contributed by atoms with Crippen LogP contribution in [0.25, 0.3) is 0 Å². The molecule has 0 heterocycles. The molecule has 0 amide bonds. The number of aliphatic hydroxyl groups is 1. The molecular weight excluding hydrogens is 272 g/mol. The average molecular weight is 294 g/mol. The third-order valence-electron chi connectivity index (χ3n) is 3.84. The summed E-state index contributed by atoms with van der Waals surface area (Å²) in [5.41, 5.74) is 0.633. The quantitative estimate of drug-likeness (QED) is 0.589. The monoisotopic (exact) mass is 294 g/mol. The minimum atomic E-state index is -0.370. The molecule has 1 aliphatic rings. The molecule has 6 nitrogen and oxygen atoms in total. The summed E-state index contributed by atoms with van der Waals surface area (Å²) in [7, 11) is 0. The molecule has 1 fully saturated rings. The Bertz CT molecular complexity index is 489. The second-order valence-corrected chi connectivity index (χ2v) is 5.17. The first kappa shape index (κ1) is 15.6. The van der Waals surface area contributed by atoms with Crippen molar-refractivity contribution < 1.29 is 14.8 Å². The minimum Gasteiger partial charge on any atom is -0.487 e. The van der Waals surface area contributed by atoms with Crippen LogP contribution in [-0.4, -0.2) is 35.8 Å². The summed E-state index contributed by atoms with van der Waals surface area (Å²) in [6, 6.07) is 5.52. The second-order valence-electron chi connectivity index (χ2n) is 5.17. The fourth-order valence-electron chi connectivity index (χ4n) is 2.64. The topological polar surface area (TPSA) is 75.8 Å². The number of nitro benzene ring substituents is 1. The standard InChI is InChI=1S/C15H22N2O4/c1-2-21-14-9-4-8-13(15(14)17(19)20)16(10-5-11-18)12-6-3-7-12/h4,8-9,12,18H,2-3,5-7,10-11H2,1H3. The fourth-order valence-corrected chi connectivity index (χ4v) is 2.64. The highest BCUT2D eigenvalue weighted by Gasteiger charge is 2.31. The molecule has 1 aromatic rings. The average Bonchev–Trinajstić information content (AvgIpc) is 2.41. The van der Waals surface area contributed by atoms with Gasteiger partial charge in [-0.05, 0) is 44.7 Å². The SMILES string of the molecule is CCOc1cccc(N(CCCO)C2CCC2)c1[N+](=O)[O-]. The van der Waals surface area contributed by atoms with Gasteiger partial charge >= 0.3 is 5.69 Å². The first-order chi connectivity index (χ1) is 10.2. The van der Waals surface area contributed by atoms with Crippen molar-refractivity contribution in [3.63, 3.8) is 0 Å². The lowest BCUT2D eigenvalue weighted by molar-refractivity contribution is -0.385. The van der Waals surface area contributed by atoms with E-state index in [1.165, 1.54) is 0 Å². The lowest BCUT2D eigenvalue weighted by atomic mass is 9.90. The van der Waals surface area contributed by atoms with Gasteiger partial charge in [0.25, 0.3) is 0 Å². The summed E-state index contributed by atoms with van der Waals surface area (Å²) in [4.78, 5) is 13.2. The summed E-state index contributed by atoms with van der Waals surface area (Å²) in [5, 5.41) is 20.5. The van der Waals surface area contributed by atoms with Crippen molar-refractivity contribution in [2.24, 2.45) is 0 Å². The third kappa shape index (κ3) is 3.44. The molecule has 1 saturated carbocycles. The smallest absolute Gasteiger partial charge is 0.333 e. The molecule has 6 heteroatoms. The van der Waals surface area contributed by atoms with Crippen molar-refractivity contribution >= 4 is 11.4 Å². The van der Waals surface area contributed by atoms with E-state index in [-0.39, 0.29) is 17.2 Å². The van der Waals surface area contributed by atoms with Gasteiger partial charge in [-0.1, -0.05) is 6.07 Å². The summed E-state index contributed by atoms with van der Waals surface area (Å²) in [6.07, 6.45) is 3.84. The van der Waals surface area contributed by atoms with Gasteiger partial charge in [0.2, 0.25) is 0 Å². The van der Waals surface area contributed by atoms with Crippen LogP contribution in [0, 0.1) is 10.1 Å². The van der Waals surface area contributed by atoms with Gasteiger partial charge in [0, 0.05) is 19.2 Å². The Kier molecular flexibility index (Phi) is 5.38. The molecule has 2 rings (SSSR count). The van der Waals surface area contributed by atoms with Gasteiger partial charge in [-0.25, -0.2) is 0 Å². The van der Waals surface area contributed by atoms with Crippen molar-refractivity contribution in [2.75, 3.05) is 24.7 Å². The molecule has 0 unspecified atom stereocenters. The summed E-state index contributed by atoms with van der Waals surface area (Å²) < 4.78 is 5.41. The zero-order valence-corrected chi connectivity index (χ0v) is 12.3. The Morgan fingerprint density at radius 2 is 2.24 bits per heavy atom. The molecule has 116 valence electrons. The number of para-hydroxylation sites is 1. The lowest BCUT2D eigenvalue weighted by Crippen LogP contribution is -2.41. The lowest BCUT2D eigenvalue weighted by Gasteiger charge is -2.39. The number of aliphatic hydroxyl groups excluding tert-OH is 1.